The summed E-state index contributed by atoms with van der Waals surface area (Å²) in [5.74, 6) is 2.91. The number of rotatable bonds is 9. The van der Waals surface area contributed by atoms with Gasteiger partial charge in [0.1, 0.15) is 5.76 Å². The number of methoxy groups -OCH3 is 3. The number of benzene rings is 1. The second kappa shape index (κ2) is 13.3. The molecule has 1 saturated heterocycles. The van der Waals surface area contributed by atoms with E-state index in [0.717, 1.165) is 42.6 Å². The lowest BCUT2D eigenvalue weighted by Crippen LogP contribution is -2.30. The van der Waals surface area contributed by atoms with E-state index in [1.807, 2.05) is 24.3 Å². The van der Waals surface area contributed by atoms with Crippen molar-refractivity contribution in [2.45, 2.75) is 31.7 Å². The number of likely N-dealkylation sites (N-methyl/N-ethyl adjacent to an activating group) is 1. The average molecular weight is 422 g/mol. The molecular weight excluding hydrogens is 386 g/mol. The Labute approximate surface area is 179 Å². The number of fused-ring (bicyclic) bond motifs is 1. The Hall–Kier alpha value is -2.09. The molecular formula is C23H35NO6. The number of likely N-dealkylation sites (tertiary alicyclic amines) is 1. The van der Waals surface area contributed by atoms with Crippen LogP contribution in [0.3, 0.4) is 0 Å². The SMILES string of the molecule is COCCOCCC(=O)OC1=CC2C(CC1)CCN2C.COc1ccccc1OC. The minimum Gasteiger partial charge on any atom is -0.493 e. The third-order valence-electron chi connectivity index (χ3n) is 5.38. The third-order valence-corrected chi connectivity index (χ3v) is 5.38. The predicted octanol–water partition coefficient (Wildman–Crippen LogP) is 3.28. The number of nitrogens with zero attached hydrogens (tertiary/aromatic N) is 1. The van der Waals surface area contributed by atoms with Gasteiger partial charge in [0.2, 0.25) is 0 Å². The van der Waals surface area contributed by atoms with Gasteiger partial charge < -0.3 is 23.7 Å². The summed E-state index contributed by atoms with van der Waals surface area (Å²) < 4.78 is 25.6. The summed E-state index contributed by atoms with van der Waals surface area (Å²) in [6.45, 7) is 2.60. The molecule has 168 valence electrons. The van der Waals surface area contributed by atoms with Gasteiger partial charge in [-0.3, -0.25) is 9.69 Å². The van der Waals surface area contributed by atoms with Crippen LogP contribution in [-0.4, -0.2) is 71.7 Å². The molecule has 0 N–H and O–H groups in total. The van der Waals surface area contributed by atoms with Crippen LogP contribution in [0.2, 0.25) is 0 Å². The van der Waals surface area contributed by atoms with E-state index >= 15 is 0 Å². The highest BCUT2D eigenvalue weighted by Gasteiger charge is 2.33. The quantitative estimate of drug-likeness (QED) is 0.448. The van der Waals surface area contributed by atoms with Crippen molar-refractivity contribution in [1.29, 1.82) is 0 Å². The van der Waals surface area contributed by atoms with Crippen molar-refractivity contribution in [2.24, 2.45) is 5.92 Å². The van der Waals surface area contributed by atoms with Gasteiger partial charge >= 0.3 is 5.97 Å². The van der Waals surface area contributed by atoms with Crippen molar-refractivity contribution in [2.75, 3.05) is 54.7 Å². The molecule has 2 atom stereocenters. The fourth-order valence-electron chi connectivity index (χ4n) is 3.70. The molecule has 1 aromatic carbocycles. The first-order chi connectivity index (χ1) is 14.6. The normalized spacial score (nSPS) is 20.5. The maximum atomic E-state index is 11.7. The molecule has 1 aliphatic carbocycles. The Kier molecular flexibility index (Phi) is 10.7. The zero-order valence-corrected chi connectivity index (χ0v) is 18.6. The van der Waals surface area contributed by atoms with Gasteiger partial charge in [-0.15, -0.1) is 0 Å². The molecule has 0 amide bonds. The Bertz CT molecular complexity index is 654. The lowest BCUT2D eigenvalue weighted by atomic mass is 9.89. The zero-order valence-electron chi connectivity index (χ0n) is 18.6. The van der Waals surface area contributed by atoms with Crippen molar-refractivity contribution in [3.8, 4) is 11.5 Å². The highest BCUT2D eigenvalue weighted by molar-refractivity contribution is 5.70. The van der Waals surface area contributed by atoms with Crippen LogP contribution in [0.25, 0.3) is 0 Å². The number of allylic oxidation sites excluding steroid dienone is 1. The van der Waals surface area contributed by atoms with Crippen molar-refractivity contribution < 1.29 is 28.5 Å². The topological polar surface area (TPSA) is 66.5 Å². The highest BCUT2D eigenvalue weighted by atomic mass is 16.5. The molecule has 2 aliphatic rings. The first-order valence-electron chi connectivity index (χ1n) is 10.4. The standard InChI is InChI=1S/C15H25NO4.C8H10O2/c1-16-7-5-12-3-4-13(11-14(12)16)20-15(17)6-8-19-10-9-18-2;1-9-7-5-3-4-6-8(7)10-2/h11-12,14H,3-10H2,1-2H3;3-6H,1-2H3. The van der Waals surface area contributed by atoms with Gasteiger partial charge in [-0.05, 0) is 50.6 Å². The number of carbonyl (C=O) groups excluding carboxylic acids is 1. The number of ether oxygens (including phenoxy) is 5. The molecule has 1 aromatic rings. The van der Waals surface area contributed by atoms with Gasteiger partial charge in [0.25, 0.3) is 0 Å². The van der Waals surface area contributed by atoms with Crippen molar-refractivity contribution in [3.63, 3.8) is 0 Å². The number of para-hydroxylation sites is 2. The minimum atomic E-state index is -0.201. The van der Waals surface area contributed by atoms with Gasteiger partial charge in [0.05, 0.1) is 40.5 Å². The molecule has 0 saturated carbocycles. The fraction of sp³-hybridized carbons (Fsp3) is 0.609. The van der Waals surface area contributed by atoms with Crippen LogP contribution in [0.15, 0.2) is 36.1 Å². The van der Waals surface area contributed by atoms with Crippen LogP contribution in [0.1, 0.15) is 25.7 Å². The summed E-state index contributed by atoms with van der Waals surface area (Å²) in [7, 11) is 7.01. The second-order valence-corrected chi connectivity index (χ2v) is 7.38. The largest absolute Gasteiger partial charge is 0.493 e. The van der Waals surface area contributed by atoms with E-state index in [1.165, 1.54) is 6.42 Å². The van der Waals surface area contributed by atoms with Crippen molar-refractivity contribution in [3.05, 3.63) is 36.1 Å². The Balaban J connectivity index is 0.000000269. The van der Waals surface area contributed by atoms with Crippen LogP contribution >= 0.6 is 0 Å². The summed E-state index contributed by atoms with van der Waals surface area (Å²) >= 11 is 0. The van der Waals surface area contributed by atoms with E-state index in [-0.39, 0.29) is 5.97 Å². The average Bonchev–Trinajstić information content (AvgIpc) is 3.14. The maximum Gasteiger partial charge on any atom is 0.313 e. The number of hydrogen-bond donors (Lipinski definition) is 0. The molecule has 7 nitrogen and oxygen atoms in total. The smallest absolute Gasteiger partial charge is 0.313 e. The zero-order chi connectivity index (χ0) is 21.8. The monoisotopic (exact) mass is 421 g/mol. The van der Waals surface area contributed by atoms with Gasteiger partial charge in [-0.2, -0.15) is 0 Å². The molecule has 1 heterocycles. The lowest BCUT2D eigenvalue weighted by Gasteiger charge is -2.27. The van der Waals surface area contributed by atoms with E-state index in [9.17, 15) is 4.79 Å². The van der Waals surface area contributed by atoms with Crippen LogP contribution in [0.4, 0.5) is 0 Å². The molecule has 3 rings (SSSR count). The van der Waals surface area contributed by atoms with Crippen LogP contribution < -0.4 is 9.47 Å². The first-order valence-corrected chi connectivity index (χ1v) is 10.4. The predicted molar refractivity (Wildman–Crippen MR) is 115 cm³/mol. The summed E-state index contributed by atoms with van der Waals surface area (Å²) in [4.78, 5) is 14.1. The molecule has 2 unspecified atom stereocenters. The summed E-state index contributed by atoms with van der Waals surface area (Å²) in [6.07, 6.45) is 5.69. The lowest BCUT2D eigenvalue weighted by molar-refractivity contribution is -0.141. The van der Waals surface area contributed by atoms with E-state index in [1.54, 1.807) is 21.3 Å². The Morgan fingerprint density at radius 2 is 1.73 bits per heavy atom. The van der Waals surface area contributed by atoms with Crippen molar-refractivity contribution in [1.82, 2.24) is 4.90 Å². The van der Waals surface area contributed by atoms with Gasteiger partial charge in [0.15, 0.2) is 11.5 Å². The van der Waals surface area contributed by atoms with Gasteiger partial charge in [0, 0.05) is 19.6 Å². The van der Waals surface area contributed by atoms with Gasteiger partial charge in [-0.25, -0.2) is 0 Å². The Morgan fingerprint density at radius 1 is 1.03 bits per heavy atom. The molecule has 1 fully saturated rings. The van der Waals surface area contributed by atoms with Crippen LogP contribution in [-0.2, 0) is 19.0 Å². The van der Waals surface area contributed by atoms with E-state index in [0.29, 0.717) is 32.3 Å². The van der Waals surface area contributed by atoms with Crippen molar-refractivity contribution >= 4 is 5.97 Å². The first kappa shape index (κ1) is 24.2. The molecule has 0 radical (unpaired) electrons. The van der Waals surface area contributed by atoms with E-state index in [4.69, 9.17) is 23.7 Å². The molecule has 7 heteroatoms. The van der Waals surface area contributed by atoms with Crippen LogP contribution in [0, 0.1) is 5.92 Å². The molecule has 0 spiro atoms. The van der Waals surface area contributed by atoms with E-state index < -0.39 is 0 Å². The van der Waals surface area contributed by atoms with Crippen LogP contribution in [0.5, 0.6) is 11.5 Å². The summed E-state index contributed by atoms with van der Waals surface area (Å²) in [6, 6.07) is 7.98. The maximum absolute atomic E-state index is 11.7. The Morgan fingerprint density at radius 3 is 2.37 bits per heavy atom. The summed E-state index contributed by atoms with van der Waals surface area (Å²) in [5.41, 5.74) is 0. The molecule has 0 bridgehead atoms. The number of carbonyl (C=O) groups is 1. The molecule has 1 aliphatic heterocycles. The minimum absolute atomic E-state index is 0.201. The summed E-state index contributed by atoms with van der Waals surface area (Å²) in [5, 5.41) is 0. The molecule has 0 aromatic heterocycles. The second-order valence-electron chi connectivity index (χ2n) is 7.38. The number of hydrogen-bond acceptors (Lipinski definition) is 7. The fourth-order valence-corrected chi connectivity index (χ4v) is 3.70. The number of esters is 1. The molecule has 30 heavy (non-hydrogen) atoms. The van der Waals surface area contributed by atoms with E-state index in [2.05, 4.69) is 18.0 Å². The third kappa shape index (κ3) is 7.63. The van der Waals surface area contributed by atoms with Gasteiger partial charge in [-0.1, -0.05) is 12.1 Å². The highest BCUT2D eigenvalue weighted by Crippen LogP contribution is 2.34.